The van der Waals surface area contributed by atoms with Crippen LogP contribution in [0.4, 0.5) is 34.1 Å². The van der Waals surface area contributed by atoms with E-state index in [0.717, 1.165) is 105 Å². The molecule has 0 atom stereocenters. The molecule has 0 aliphatic heterocycles. The highest BCUT2D eigenvalue weighted by Gasteiger charge is 2.19. The number of anilines is 6. The number of benzene rings is 9. The summed E-state index contributed by atoms with van der Waals surface area (Å²) in [5.74, 6) is 3.62. The van der Waals surface area contributed by atoms with Gasteiger partial charge >= 0.3 is 0 Å². The summed E-state index contributed by atoms with van der Waals surface area (Å²) >= 11 is 0. The van der Waals surface area contributed by atoms with Gasteiger partial charge in [0.2, 0.25) is 0 Å². The van der Waals surface area contributed by atoms with Gasteiger partial charge in [0, 0.05) is 61.2 Å². The van der Waals surface area contributed by atoms with Crippen LogP contribution in [0.3, 0.4) is 0 Å². The maximum absolute atomic E-state index is 9.50. The van der Waals surface area contributed by atoms with E-state index < -0.39 is 0 Å². The Morgan fingerprint density at radius 3 is 1.11 bits per heavy atom. The Bertz CT molecular complexity index is 3430. The smallest absolute Gasteiger partial charge is 0.136 e. The molecular formula is C59H43N3O2. The fraction of sp³-hybridized carbons (Fsp3) is 0.102. The van der Waals surface area contributed by atoms with Gasteiger partial charge in [-0.15, -0.1) is 6.42 Å². The third-order valence-electron chi connectivity index (χ3n) is 12.6. The largest absolute Gasteiger partial charge is 0.456 e. The Hall–Kier alpha value is -8.25. The fourth-order valence-corrected chi connectivity index (χ4v) is 9.09. The van der Waals surface area contributed by atoms with E-state index in [0.29, 0.717) is 17.4 Å². The molecule has 9 aromatic carbocycles. The van der Waals surface area contributed by atoms with E-state index in [1.165, 1.54) is 11.1 Å². The lowest BCUT2D eigenvalue weighted by molar-refractivity contribution is 0.664. The van der Waals surface area contributed by atoms with Crippen molar-refractivity contribution in [3.05, 3.63) is 192 Å². The van der Waals surface area contributed by atoms with Crippen molar-refractivity contribution in [3.8, 4) is 18.4 Å². The minimum atomic E-state index is 0.432. The lowest BCUT2D eigenvalue weighted by atomic mass is 10.0. The Morgan fingerprint density at radius 2 is 0.734 bits per heavy atom. The van der Waals surface area contributed by atoms with Crippen molar-refractivity contribution < 1.29 is 8.83 Å². The predicted molar refractivity (Wildman–Crippen MR) is 266 cm³/mol. The van der Waals surface area contributed by atoms with Gasteiger partial charge in [0.15, 0.2) is 0 Å². The van der Waals surface area contributed by atoms with Gasteiger partial charge < -0.3 is 18.6 Å². The van der Waals surface area contributed by atoms with Crippen LogP contribution in [-0.2, 0) is 0 Å². The minimum absolute atomic E-state index is 0.432. The second-order valence-electron chi connectivity index (χ2n) is 17.3. The predicted octanol–water partition coefficient (Wildman–Crippen LogP) is 16.8. The van der Waals surface area contributed by atoms with Crippen LogP contribution in [0, 0.1) is 23.7 Å². The average molecular weight is 826 g/mol. The van der Waals surface area contributed by atoms with Gasteiger partial charge in [-0.05, 0) is 178 Å². The highest BCUT2D eigenvalue weighted by Crippen LogP contribution is 2.43. The molecule has 306 valence electrons. The maximum Gasteiger partial charge on any atom is 0.136 e. The second-order valence-corrected chi connectivity index (χ2v) is 17.3. The summed E-state index contributed by atoms with van der Waals surface area (Å²) in [7, 11) is 0. The third kappa shape index (κ3) is 6.67. The van der Waals surface area contributed by atoms with E-state index in [-0.39, 0.29) is 0 Å². The van der Waals surface area contributed by atoms with E-state index in [9.17, 15) is 5.26 Å². The molecule has 5 nitrogen and oxygen atoms in total. The summed E-state index contributed by atoms with van der Waals surface area (Å²) in [6.07, 6.45) is 5.72. The molecule has 2 heterocycles. The molecule has 0 saturated heterocycles. The number of nitrogens with zero attached hydrogens (tertiary/aromatic N) is 3. The summed E-state index contributed by atoms with van der Waals surface area (Å²) < 4.78 is 13.3. The highest BCUT2D eigenvalue weighted by molar-refractivity contribution is 6.18. The van der Waals surface area contributed by atoms with Gasteiger partial charge in [-0.3, -0.25) is 0 Å². The third-order valence-corrected chi connectivity index (χ3v) is 12.6. The number of hydrogen-bond donors (Lipinski definition) is 0. The lowest BCUT2D eigenvalue weighted by Gasteiger charge is -2.26. The molecule has 0 saturated carbocycles. The van der Waals surface area contributed by atoms with Gasteiger partial charge in [-0.25, -0.2) is 0 Å². The number of nitriles is 1. The summed E-state index contributed by atoms with van der Waals surface area (Å²) in [6, 6.07) is 61.8. The minimum Gasteiger partial charge on any atom is -0.456 e. The molecule has 64 heavy (non-hydrogen) atoms. The van der Waals surface area contributed by atoms with Crippen LogP contribution < -0.4 is 9.80 Å². The first kappa shape index (κ1) is 38.7. The fourth-order valence-electron chi connectivity index (χ4n) is 9.09. The van der Waals surface area contributed by atoms with Crippen molar-refractivity contribution in [1.82, 2.24) is 0 Å². The SMILES string of the molecule is C#Cc1ccc(N(c2ccc(C(C)C)cc2)c2ccc3cc4c(cc3c2)oc2cc3c(cc24)oc2cc4cc(N(c5ccc(C#N)cc5)c5ccc(C(C)C)cc5)ccc4cc23)cc1. The Balaban J connectivity index is 0.980. The zero-order chi connectivity index (χ0) is 43.6. The molecule has 0 radical (unpaired) electrons. The van der Waals surface area contributed by atoms with Crippen LogP contribution in [0.2, 0.25) is 0 Å². The molecule has 2 aromatic heterocycles. The molecule has 0 bridgehead atoms. The molecule has 11 aromatic rings. The Morgan fingerprint density at radius 1 is 0.391 bits per heavy atom. The zero-order valence-electron chi connectivity index (χ0n) is 36.1. The first-order valence-corrected chi connectivity index (χ1v) is 21.8. The molecule has 0 unspecified atom stereocenters. The van der Waals surface area contributed by atoms with E-state index >= 15 is 0 Å². The molecule has 0 N–H and O–H groups in total. The van der Waals surface area contributed by atoms with Crippen LogP contribution in [0.1, 0.15) is 61.8 Å². The van der Waals surface area contributed by atoms with Crippen molar-refractivity contribution in [2.45, 2.75) is 39.5 Å². The highest BCUT2D eigenvalue weighted by atomic mass is 16.3. The quantitative estimate of drug-likeness (QED) is 0.143. The number of fused-ring (bicyclic) bond motifs is 8. The van der Waals surface area contributed by atoms with Crippen LogP contribution in [0.5, 0.6) is 0 Å². The first-order chi connectivity index (χ1) is 31.2. The number of rotatable bonds is 8. The molecule has 0 fully saturated rings. The van der Waals surface area contributed by atoms with E-state index in [4.69, 9.17) is 15.3 Å². The standard InChI is InChI=1S/C59H43N3O2/c1-6-38-7-17-46(18-8-38)61(48-21-11-40(12-22-48)36(2)3)50-25-15-42-29-52-54-33-59-55(34-58(54)63-56(52)31-44(42)27-50)53-30-43-16-26-51(28-45(43)32-57(53)64-59)62(47-19-9-39(35-60)10-20-47)49-23-13-41(14-24-49)37(4)5/h1,7-34,36-37H,2-5H3. The van der Waals surface area contributed by atoms with Gasteiger partial charge in [0.25, 0.3) is 0 Å². The summed E-state index contributed by atoms with van der Waals surface area (Å²) in [4.78, 5) is 4.51. The summed E-state index contributed by atoms with van der Waals surface area (Å²) in [5.41, 5.74) is 13.5. The van der Waals surface area contributed by atoms with Crippen molar-refractivity contribution in [3.63, 3.8) is 0 Å². The molecule has 0 aliphatic carbocycles. The monoisotopic (exact) mass is 825 g/mol. The van der Waals surface area contributed by atoms with E-state index in [1.54, 1.807) is 0 Å². The molecule has 5 heteroatoms. The zero-order valence-corrected chi connectivity index (χ0v) is 36.1. The van der Waals surface area contributed by atoms with E-state index in [2.05, 4.69) is 183 Å². The Kier molecular flexibility index (Phi) is 9.23. The van der Waals surface area contributed by atoms with E-state index in [1.807, 2.05) is 36.4 Å². The lowest BCUT2D eigenvalue weighted by Crippen LogP contribution is -2.10. The van der Waals surface area contributed by atoms with Crippen LogP contribution in [0.15, 0.2) is 179 Å². The van der Waals surface area contributed by atoms with Crippen molar-refractivity contribution in [2.24, 2.45) is 0 Å². The molecule has 0 amide bonds. The van der Waals surface area contributed by atoms with Gasteiger partial charge in [-0.1, -0.05) is 70.0 Å². The molecule has 11 rings (SSSR count). The summed E-state index contributed by atoms with van der Waals surface area (Å²) in [5, 5.41) is 18.0. The van der Waals surface area contributed by atoms with Crippen LogP contribution >= 0.6 is 0 Å². The second kappa shape index (κ2) is 15.3. The normalized spacial score (nSPS) is 11.7. The van der Waals surface area contributed by atoms with Gasteiger partial charge in [0.05, 0.1) is 11.6 Å². The molecule has 0 aliphatic rings. The first-order valence-electron chi connectivity index (χ1n) is 21.8. The number of hydrogen-bond acceptors (Lipinski definition) is 5. The number of terminal acetylenes is 1. The topological polar surface area (TPSA) is 56.6 Å². The van der Waals surface area contributed by atoms with Crippen molar-refractivity contribution in [2.75, 3.05) is 9.80 Å². The van der Waals surface area contributed by atoms with Gasteiger partial charge in [0.1, 0.15) is 22.3 Å². The maximum atomic E-state index is 9.50. The molecular weight excluding hydrogens is 783 g/mol. The number of furan rings is 2. The average Bonchev–Trinajstić information content (AvgIpc) is 3.85. The van der Waals surface area contributed by atoms with Crippen LogP contribution in [-0.4, -0.2) is 0 Å². The van der Waals surface area contributed by atoms with Crippen LogP contribution in [0.25, 0.3) is 65.4 Å². The van der Waals surface area contributed by atoms with Gasteiger partial charge in [-0.2, -0.15) is 5.26 Å². The van der Waals surface area contributed by atoms with Crippen molar-refractivity contribution in [1.29, 1.82) is 5.26 Å². The Labute approximate surface area is 372 Å². The molecule has 0 spiro atoms. The summed E-state index contributed by atoms with van der Waals surface area (Å²) in [6.45, 7) is 8.84. The van der Waals surface area contributed by atoms with Crippen molar-refractivity contribution >= 4 is 99.5 Å².